The molecule has 0 aliphatic carbocycles. The van der Waals surface area contributed by atoms with Gasteiger partial charge < -0.3 is 5.32 Å². The molecule has 1 N–H and O–H groups in total. The first-order valence-electron chi connectivity index (χ1n) is 5.67. The average Bonchev–Trinajstić information content (AvgIpc) is 2.30. The highest BCUT2D eigenvalue weighted by Gasteiger charge is 2.22. The van der Waals surface area contributed by atoms with E-state index in [9.17, 15) is 4.39 Å². The van der Waals surface area contributed by atoms with Crippen LogP contribution in [-0.2, 0) is 0 Å². The van der Waals surface area contributed by atoms with Crippen LogP contribution < -0.4 is 5.32 Å². The molecule has 0 aromatic heterocycles. The molecule has 1 heterocycles. The fourth-order valence-electron chi connectivity index (χ4n) is 2.16. The van der Waals surface area contributed by atoms with Crippen molar-refractivity contribution in [2.45, 2.75) is 6.04 Å². The Bertz CT molecular complexity index is 366. The highest BCUT2D eigenvalue weighted by Crippen LogP contribution is 2.27. The summed E-state index contributed by atoms with van der Waals surface area (Å²) in [5, 5.41) is 4.36. The maximum absolute atomic E-state index is 13.2. The van der Waals surface area contributed by atoms with Gasteiger partial charge in [-0.1, -0.05) is 23.2 Å². The second-order valence-electron chi connectivity index (χ2n) is 4.16. The molecule has 1 atom stereocenters. The van der Waals surface area contributed by atoms with E-state index in [0.29, 0.717) is 10.0 Å². The van der Waals surface area contributed by atoms with Crippen LogP contribution in [0.15, 0.2) is 18.2 Å². The Morgan fingerprint density at radius 2 is 1.63 bits per heavy atom. The van der Waals surface area contributed by atoms with Crippen LogP contribution in [0.5, 0.6) is 0 Å². The number of piperazine rings is 1. The maximum atomic E-state index is 13.2. The summed E-state index contributed by atoms with van der Waals surface area (Å²) < 4.78 is 13.2. The van der Waals surface area contributed by atoms with Crippen LogP contribution in [0.1, 0.15) is 11.6 Å². The molecular weight excluding hydrogens is 333 g/mol. The lowest BCUT2D eigenvalue weighted by molar-refractivity contribution is 0.147. The molecule has 110 valence electrons. The van der Waals surface area contributed by atoms with Gasteiger partial charge in [0.2, 0.25) is 0 Å². The predicted molar refractivity (Wildman–Crippen MR) is 84.1 cm³/mol. The van der Waals surface area contributed by atoms with Crippen LogP contribution in [0.4, 0.5) is 4.39 Å². The molecule has 1 aliphatic rings. The molecule has 1 fully saturated rings. The van der Waals surface area contributed by atoms with Crippen LogP contribution in [-0.4, -0.2) is 37.8 Å². The monoisotopic (exact) mass is 348 g/mol. The molecule has 2 nitrogen and oxygen atoms in total. The van der Waals surface area contributed by atoms with E-state index in [4.69, 9.17) is 23.2 Å². The summed E-state index contributed by atoms with van der Waals surface area (Å²) in [5.41, 5.74) is 0.854. The van der Waals surface area contributed by atoms with Crippen molar-refractivity contribution in [2.75, 3.05) is 32.9 Å². The summed E-state index contributed by atoms with van der Waals surface area (Å²) in [4.78, 5) is 2.12. The molecule has 0 amide bonds. The van der Waals surface area contributed by atoms with Gasteiger partial charge in [0.25, 0.3) is 0 Å². The number of hydrogen-bond acceptors (Lipinski definition) is 2. The van der Waals surface area contributed by atoms with Gasteiger partial charge in [-0.15, -0.1) is 24.8 Å². The van der Waals surface area contributed by atoms with E-state index >= 15 is 0 Å². The van der Waals surface area contributed by atoms with Gasteiger partial charge in [-0.25, -0.2) is 4.39 Å². The third-order valence-electron chi connectivity index (χ3n) is 3.01. The molecule has 7 heteroatoms. The third-order valence-corrected chi connectivity index (χ3v) is 3.44. The topological polar surface area (TPSA) is 15.3 Å². The molecule has 1 saturated heterocycles. The van der Waals surface area contributed by atoms with E-state index in [2.05, 4.69) is 10.2 Å². The Balaban J connectivity index is 0.00000162. The zero-order valence-electron chi connectivity index (χ0n) is 10.2. The lowest BCUT2D eigenvalue weighted by Gasteiger charge is -2.33. The highest BCUT2D eigenvalue weighted by atomic mass is 35.5. The van der Waals surface area contributed by atoms with Gasteiger partial charge in [0, 0.05) is 36.2 Å². The zero-order chi connectivity index (χ0) is 12.3. The third kappa shape index (κ3) is 5.25. The SMILES string of the molecule is Cl.Cl.FC[C@@H](c1cc(Cl)cc(Cl)c1)N1CCNCC1. The summed E-state index contributed by atoms with van der Waals surface area (Å²) in [6.07, 6.45) is 0. The standard InChI is InChI=1S/C12H15Cl2FN2.2ClH/c13-10-5-9(6-11(14)7-10)12(8-15)17-3-1-16-2-4-17;;/h5-7,12,16H,1-4,8H2;2*1H/t12-;;/m0../s1. The molecule has 1 aliphatic heterocycles. The number of nitrogens with one attached hydrogen (secondary N) is 1. The van der Waals surface area contributed by atoms with E-state index in [1.807, 2.05) is 0 Å². The van der Waals surface area contributed by atoms with Crippen LogP contribution in [0.3, 0.4) is 0 Å². The normalized spacial score (nSPS) is 17.2. The minimum Gasteiger partial charge on any atom is -0.314 e. The number of hydrogen-bond donors (Lipinski definition) is 1. The first-order chi connectivity index (χ1) is 8.20. The highest BCUT2D eigenvalue weighted by molar-refractivity contribution is 6.34. The molecule has 0 spiro atoms. The van der Waals surface area contributed by atoms with Crippen molar-refractivity contribution in [1.82, 2.24) is 10.2 Å². The largest absolute Gasteiger partial charge is 0.314 e. The smallest absolute Gasteiger partial charge is 0.109 e. The fraction of sp³-hybridized carbons (Fsp3) is 0.500. The number of rotatable bonds is 3. The lowest BCUT2D eigenvalue weighted by Crippen LogP contribution is -2.45. The molecule has 0 unspecified atom stereocenters. The Kier molecular flexibility index (Phi) is 9.33. The van der Waals surface area contributed by atoms with Crippen LogP contribution in [0, 0.1) is 0 Å². The molecule has 0 radical (unpaired) electrons. The summed E-state index contributed by atoms with van der Waals surface area (Å²) in [6.45, 7) is 3.06. The molecule has 19 heavy (non-hydrogen) atoms. The second kappa shape index (κ2) is 9.22. The second-order valence-corrected chi connectivity index (χ2v) is 5.03. The molecule has 0 bridgehead atoms. The van der Waals surface area contributed by atoms with Crippen molar-refractivity contribution in [3.05, 3.63) is 33.8 Å². The Morgan fingerprint density at radius 1 is 1.11 bits per heavy atom. The molecule has 0 saturated carbocycles. The fourth-order valence-corrected chi connectivity index (χ4v) is 2.70. The van der Waals surface area contributed by atoms with E-state index < -0.39 is 6.67 Å². The Labute approximate surface area is 135 Å². The van der Waals surface area contributed by atoms with Gasteiger partial charge in [-0.2, -0.15) is 0 Å². The van der Waals surface area contributed by atoms with Crippen LogP contribution >= 0.6 is 48.0 Å². The quantitative estimate of drug-likeness (QED) is 0.893. The van der Waals surface area contributed by atoms with E-state index in [1.54, 1.807) is 18.2 Å². The number of benzene rings is 1. The van der Waals surface area contributed by atoms with Gasteiger partial charge in [0.1, 0.15) is 6.67 Å². The van der Waals surface area contributed by atoms with Crippen molar-refractivity contribution >= 4 is 48.0 Å². The van der Waals surface area contributed by atoms with Gasteiger partial charge in [-0.3, -0.25) is 4.90 Å². The minimum absolute atomic E-state index is 0. The molecule has 2 rings (SSSR count). The van der Waals surface area contributed by atoms with Crippen molar-refractivity contribution in [2.24, 2.45) is 0 Å². The van der Waals surface area contributed by atoms with Gasteiger partial charge in [0.05, 0.1) is 6.04 Å². The summed E-state index contributed by atoms with van der Waals surface area (Å²) >= 11 is 11.9. The molecular formula is C12H17Cl4FN2. The summed E-state index contributed by atoms with van der Waals surface area (Å²) in [7, 11) is 0. The van der Waals surface area contributed by atoms with E-state index in [1.165, 1.54) is 0 Å². The minimum atomic E-state index is -0.420. The predicted octanol–water partition coefficient (Wildman–Crippen LogP) is 3.75. The van der Waals surface area contributed by atoms with Crippen LogP contribution in [0.25, 0.3) is 0 Å². The number of alkyl halides is 1. The van der Waals surface area contributed by atoms with Crippen molar-refractivity contribution in [3.63, 3.8) is 0 Å². The maximum Gasteiger partial charge on any atom is 0.109 e. The summed E-state index contributed by atoms with van der Waals surface area (Å²) in [5.74, 6) is 0. The first kappa shape index (κ1) is 19.2. The molecule has 1 aromatic rings. The average molecular weight is 350 g/mol. The number of nitrogens with zero attached hydrogens (tertiary/aromatic N) is 1. The Hall–Kier alpha value is 0.230. The zero-order valence-corrected chi connectivity index (χ0v) is 13.4. The van der Waals surface area contributed by atoms with Crippen LogP contribution in [0.2, 0.25) is 10.0 Å². The lowest BCUT2D eigenvalue weighted by atomic mass is 10.1. The van der Waals surface area contributed by atoms with E-state index in [-0.39, 0.29) is 30.9 Å². The van der Waals surface area contributed by atoms with E-state index in [0.717, 1.165) is 31.7 Å². The van der Waals surface area contributed by atoms with Crippen molar-refractivity contribution < 1.29 is 4.39 Å². The molecule has 1 aromatic carbocycles. The van der Waals surface area contributed by atoms with Crippen molar-refractivity contribution in [1.29, 1.82) is 0 Å². The Morgan fingerprint density at radius 3 is 2.11 bits per heavy atom. The first-order valence-corrected chi connectivity index (χ1v) is 6.43. The van der Waals surface area contributed by atoms with Crippen molar-refractivity contribution in [3.8, 4) is 0 Å². The number of halogens is 5. The summed E-state index contributed by atoms with van der Waals surface area (Å²) in [6, 6.07) is 5.01. The van der Waals surface area contributed by atoms with Gasteiger partial charge in [-0.05, 0) is 23.8 Å². The van der Waals surface area contributed by atoms with Gasteiger partial charge >= 0.3 is 0 Å². The van der Waals surface area contributed by atoms with Gasteiger partial charge in [0.15, 0.2) is 0 Å².